The highest BCUT2D eigenvalue weighted by Crippen LogP contribution is 2.38. The number of carbonyl (C=O) groups is 1. The maximum Gasteiger partial charge on any atom is 0.169 e. The van der Waals surface area contributed by atoms with Crippen LogP contribution in [0.4, 0.5) is 5.69 Å². The van der Waals surface area contributed by atoms with E-state index in [-0.39, 0.29) is 11.2 Å². The number of anilines is 1. The molecule has 1 atom stereocenters. The van der Waals surface area contributed by atoms with E-state index in [0.29, 0.717) is 0 Å². The van der Waals surface area contributed by atoms with Crippen LogP contribution in [0.25, 0.3) is 0 Å². The molecule has 0 N–H and O–H groups in total. The summed E-state index contributed by atoms with van der Waals surface area (Å²) >= 11 is 0. The van der Waals surface area contributed by atoms with Crippen molar-refractivity contribution < 1.29 is 4.79 Å². The lowest BCUT2D eigenvalue weighted by molar-refractivity contribution is -0.120. The second-order valence-corrected chi connectivity index (χ2v) is 5.05. The van der Waals surface area contributed by atoms with Crippen LogP contribution in [0.1, 0.15) is 19.8 Å². The van der Waals surface area contributed by atoms with Crippen molar-refractivity contribution in [2.24, 2.45) is 5.41 Å². The Hall–Kier alpha value is -1.83. The van der Waals surface area contributed by atoms with Gasteiger partial charge in [0.1, 0.15) is 0 Å². The molecule has 18 heavy (non-hydrogen) atoms. The van der Waals surface area contributed by atoms with Crippen LogP contribution in [0, 0.1) is 5.41 Å². The molecular weight excluding hydrogens is 222 g/mol. The Morgan fingerprint density at radius 2 is 2.00 bits per heavy atom. The highest BCUT2D eigenvalue weighted by atomic mass is 16.1. The molecule has 1 aliphatic rings. The number of ketones is 1. The standard InChI is InChI=1S/C16H19NO/c1-4-16(2)11-10-13(15(16)18)12-17(3)14-8-6-5-7-9-14/h4-9,12H,1,10-11H2,2-3H3/b13-12-. The largest absolute Gasteiger partial charge is 0.351 e. The molecule has 0 bridgehead atoms. The van der Waals surface area contributed by atoms with E-state index in [9.17, 15) is 4.79 Å². The number of rotatable bonds is 3. The number of nitrogens with zero attached hydrogens (tertiary/aromatic N) is 1. The Kier molecular flexibility index (Phi) is 3.37. The molecule has 1 fully saturated rings. The maximum atomic E-state index is 12.3. The first-order valence-corrected chi connectivity index (χ1v) is 6.24. The van der Waals surface area contributed by atoms with E-state index >= 15 is 0 Å². The van der Waals surface area contributed by atoms with Crippen molar-refractivity contribution in [2.75, 3.05) is 11.9 Å². The van der Waals surface area contributed by atoms with Crippen molar-refractivity contribution in [2.45, 2.75) is 19.8 Å². The summed E-state index contributed by atoms with van der Waals surface area (Å²) in [4.78, 5) is 14.3. The van der Waals surface area contributed by atoms with Gasteiger partial charge in [0.15, 0.2) is 5.78 Å². The molecule has 2 rings (SSSR count). The summed E-state index contributed by atoms with van der Waals surface area (Å²) in [7, 11) is 1.97. The summed E-state index contributed by atoms with van der Waals surface area (Å²) in [5.41, 5.74) is 1.61. The third kappa shape index (κ3) is 2.23. The van der Waals surface area contributed by atoms with Gasteiger partial charge in [-0.3, -0.25) is 4.79 Å². The van der Waals surface area contributed by atoms with E-state index < -0.39 is 0 Å². The van der Waals surface area contributed by atoms with Gasteiger partial charge in [0.05, 0.1) is 0 Å². The maximum absolute atomic E-state index is 12.3. The molecule has 1 aromatic carbocycles. The van der Waals surface area contributed by atoms with Crippen molar-refractivity contribution in [3.05, 3.63) is 54.8 Å². The molecule has 0 radical (unpaired) electrons. The van der Waals surface area contributed by atoms with Crippen LogP contribution in [0.3, 0.4) is 0 Å². The molecule has 2 nitrogen and oxygen atoms in total. The van der Waals surface area contributed by atoms with E-state index in [1.54, 1.807) is 6.08 Å². The monoisotopic (exact) mass is 241 g/mol. The molecule has 0 aliphatic heterocycles. The molecule has 0 heterocycles. The van der Waals surface area contributed by atoms with Crippen molar-refractivity contribution >= 4 is 11.5 Å². The number of Topliss-reactive ketones (excluding diaryl/α,β-unsaturated/α-hetero) is 1. The Bertz CT molecular complexity index is 489. The van der Waals surface area contributed by atoms with Crippen LogP contribution in [0.5, 0.6) is 0 Å². The zero-order chi connectivity index (χ0) is 13.2. The number of benzene rings is 1. The lowest BCUT2D eigenvalue weighted by Crippen LogP contribution is -2.20. The topological polar surface area (TPSA) is 20.3 Å². The van der Waals surface area contributed by atoms with Crippen LogP contribution >= 0.6 is 0 Å². The number of carbonyl (C=O) groups excluding carboxylic acids is 1. The van der Waals surface area contributed by atoms with Gasteiger partial charge in [0.2, 0.25) is 0 Å². The summed E-state index contributed by atoms with van der Waals surface area (Å²) in [6.07, 6.45) is 5.42. The van der Waals surface area contributed by atoms with Gasteiger partial charge in [0.25, 0.3) is 0 Å². The molecule has 1 aliphatic carbocycles. The van der Waals surface area contributed by atoms with Crippen LogP contribution in [-0.2, 0) is 4.79 Å². The fourth-order valence-electron chi connectivity index (χ4n) is 2.28. The number of hydrogen-bond acceptors (Lipinski definition) is 2. The smallest absolute Gasteiger partial charge is 0.169 e. The predicted molar refractivity (Wildman–Crippen MR) is 75.5 cm³/mol. The summed E-state index contributed by atoms with van der Waals surface area (Å²) < 4.78 is 0. The van der Waals surface area contributed by atoms with Gasteiger partial charge in [-0.15, -0.1) is 6.58 Å². The van der Waals surface area contributed by atoms with E-state index in [2.05, 4.69) is 6.58 Å². The highest BCUT2D eigenvalue weighted by molar-refractivity contribution is 6.03. The zero-order valence-electron chi connectivity index (χ0n) is 11.0. The van der Waals surface area contributed by atoms with E-state index in [1.165, 1.54) is 0 Å². The SMILES string of the molecule is C=CC1(C)CC/C(=C/N(C)c2ccccc2)C1=O. The van der Waals surface area contributed by atoms with Crippen LogP contribution in [-0.4, -0.2) is 12.8 Å². The average molecular weight is 241 g/mol. The third-order valence-corrected chi connectivity index (χ3v) is 3.69. The number of para-hydroxylation sites is 1. The zero-order valence-corrected chi connectivity index (χ0v) is 11.0. The molecule has 0 saturated heterocycles. The first-order chi connectivity index (χ1) is 8.57. The molecule has 0 aromatic heterocycles. The second kappa shape index (κ2) is 4.81. The Morgan fingerprint density at radius 1 is 1.33 bits per heavy atom. The number of hydrogen-bond donors (Lipinski definition) is 0. The minimum atomic E-state index is -0.372. The lowest BCUT2D eigenvalue weighted by atomic mass is 9.88. The van der Waals surface area contributed by atoms with Gasteiger partial charge in [-0.25, -0.2) is 0 Å². The molecule has 94 valence electrons. The molecule has 1 saturated carbocycles. The average Bonchev–Trinajstić information content (AvgIpc) is 2.69. The molecule has 1 aromatic rings. The van der Waals surface area contributed by atoms with E-state index in [0.717, 1.165) is 24.1 Å². The normalized spacial score (nSPS) is 25.4. The van der Waals surface area contributed by atoms with Gasteiger partial charge in [-0.05, 0) is 31.9 Å². The van der Waals surface area contributed by atoms with Crippen molar-refractivity contribution in [1.29, 1.82) is 0 Å². The quantitative estimate of drug-likeness (QED) is 0.595. The van der Waals surface area contributed by atoms with Crippen LogP contribution < -0.4 is 4.90 Å². The summed E-state index contributed by atoms with van der Waals surface area (Å²) in [6.45, 7) is 5.74. The van der Waals surface area contributed by atoms with Gasteiger partial charge in [-0.2, -0.15) is 0 Å². The van der Waals surface area contributed by atoms with Gasteiger partial charge >= 0.3 is 0 Å². The van der Waals surface area contributed by atoms with Crippen molar-refractivity contribution in [1.82, 2.24) is 0 Å². The van der Waals surface area contributed by atoms with Gasteiger partial charge in [-0.1, -0.05) is 24.3 Å². The predicted octanol–water partition coefficient (Wildman–Crippen LogP) is 3.56. The molecular formula is C16H19NO. The summed E-state index contributed by atoms with van der Waals surface area (Å²) in [5, 5.41) is 0. The Balaban J connectivity index is 2.21. The van der Waals surface area contributed by atoms with Gasteiger partial charge < -0.3 is 4.90 Å². The minimum absolute atomic E-state index is 0.209. The Labute approximate surface area is 109 Å². The van der Waals surface area contributed by atoms with E-state index in [1.807, 2.05) is 55.4 Å². The summed E-state index contributed by atoms with van der Waals surface area (Å²) in [5.74, 6) is 0.209. The van der Waals surface area contributed by atoms with Crippen molar-refractivity contribution in [3.8, 4) is 0 Å². The van der Waals surface area contributed by atoms with Crippen molar-refractivity contribution in [3.63, 3.8) is 0 Å². The Morgan fingerprint density at radius 3 is 2.56 bits per heavy atom. The number of allylic oxidation sites excluding steroid dienone is 2. The second-order valence-electron chi connectivity index (χ2n) is 5.05. The third-order valence-electron chi connectivity index (χ3n) is 3.69. The minimum Gasteiger partial charge on any atom is -0.351 e. The fourth-order valence-corrected chi connectivity index (χ4v) is 2.28. The lowest BCUT2D eigenvalue weighted by Gasteiger charge is -2.17. The van der Waals surface area contributed by atoms with Gasteiger partial charge in [0, 0.05) is 29.9 Å². The van der Waals surface area contributed by atoms with Crippen LogP contribution in [0.15, 0.2) is 54.8 Å². The fraction of sp³-hybridized carbons (Fsp3) is 0.312. The molecule has 1 unspecified atom stereocenters. The molecule has 0 amide bonds. The summed E-state index contributed by atoms with van der Waals surface area (Å²) in [6, 6.07) is 10.0. The van der Waals surface area contributed by atoms with E-state index in [4.69, 9.17) is 0 Å². The molecule has 0 spiro atoms. The highest BCUT2D eigenvalue weighted by Gasteiger charge is 2.38. The first kappa shape index (κ1) is 12.6. The molecule has 2 heteroatoms. The first-order valence-electron chi connectivity index (χ1n) is 6.24. The van der Waals surface area contributed by atoms with Crippen LogP contribution in [0.2, 0.25) is 0 Å².